The van der Waals surface area contributed by atoms with Gasteiger partial charge in [-0.25, -0.2) is 0 Å². The maximum Gasteiger partial charge on any atom is 0.173 e. The lowest BCUT2D eigenvalue weighted by Crippen LogP contribution is -1.91. The molecule has 0 bridgehead atoms. The average molecular weight is 261 g/mol. The summed E-state index contributed by atoms with van der Waals surface area (Å²) in [5.74, 6) is 0.375. The Balaban J connectivity index is 2.11. The van der Waals surface area contributed by atoms with Gasteiger partial charge in [-0.3, -0.25) is 5.10 Å². The van der Waals surface area contributed by atoms with Gasteiger partial charge in [-0.1, -0.05) is 48.5 Å². The summed E-state index contributed by atoms with van der Waals surface area (Å²) < 4.78 is 0. The highest BCUT2D eigenvalue weighted by Gasteiger charge is 2.12. The summed E-state index contributed by atoms with van der Waals surface area (Å²) in [5, 5.41) is 16.4. The molecular weight excluding hydrogens is 250 g/mol. The molecule has 20 heavy (non-hydrogen) atoms. The van der Waals surface area contributed by atoms with E-state index in [9.17, 15) is 0 Å². The van der Waals surface area contributed by atoms with Gasteiger partial charge < -0.3 is 5.73 Å². The van der Waals surface area contributed by atoms with Crippen molar-refractivity contribution in [2.75, 3.05) is 5.73 Å². The maximum atomic E-state index is 5.77. The van der Waals surface area contributed by atoms with E-state index in [0.29, 0.717) is 11.3 Å². The van der Waals surface area contributed by atoms with Crippen molar-refractivity contribution in [2.45, 2.75) is 0 Å². The second-order valence-corrected chi connectivity index (χ2v) is 4.60. The van der Waals surface area contributed by atoms with Crippen molar-refractivity contribution in [3.63, 3.8) is 0 Å². The van der Waals surface area contributed by atoms with Crippen LogP contribution in [0.2, 0.25) is 0 Å². The van der Waals surface area contributed by atoms with Crippen molar-refractivity contribution in [1.29, 1.82) is 0 Å². The van der Waals surface area contributed by atoms with Crippen LogP contribution in [0.25, 0.3) is 33.1 Å². The molecule has 0 saturated heterocycles. The first kappa shape index (κ1) is 10.9. The van der Waals surface area contributed by atoms with E-state index in [-0.39, 0.29) is 0 Å². The first-order valence-corrected chi connectivity index (χ1v) is 6.29. The van der Waals surface area contributed by atoms with Crippen LogP contribution >= 0.6 is 0 Å². The molecule has 0 aliphatic heterocycles. The highest BCUT2D eigenvalue weighted by atomic mass is 15.2. The molecule has 0 atom stereocenters. The van der Waals surface area contributed by atoms with Gasteiger partial charge in [0.25, 0.3) is 0 Å². The van der Waals surface area contributed by atoms with E-state index in [1.165, 1.54) is 0 Å². The molecule has 3 N–H and O–H groups in total. The van der Waals surface area contributed by atoms with Crippen molar-refractivity contribution in [3.8, 4) is 11.1 Å². The standard InChI is InChI=1S/C15H11N5/c16-15-14-13(18-20-15)11-8-4-7-10(12(11)17-19-14)9-5-2-1-3-6-9/h1-8H,(H3,16,18,20). The predicted molar refractivity (Wildman–Crippen MR) is 79.0 cm³/mol. The third kappa shape index (κ3) is 1.46. The minimum Gasteiger partial charge on any atom is -0.380 e. The number of anilines is 1. The third-order valence-electron chi connectivity index (χ3n) is 3.41. The number of rotatable bonds is 1. The zero-order valence-corrected chi connectivity index (χ0v) is 10.5. The van der Waals surface area contributed by atoms with E-state index in [1.807, 2.05) is 36.4 Å². The molecule has 2 aromatic heterocycles. The lowest BCUT2D eigenvalue weighted by Gasteiger charge is -2.05. The van der Waals surface area contributed by atoms with Crippen LogP contribution in [-0.2, 0) is 0 Å². The minimum atomic E-state index is 0.375. The fourth-order valence-corrected chi connectivity index (χ4v) is 2.44. The van der Waals surface area contributed by atoms with Crippen molar-refractivity contribution in [1.82, 2.24) is 20.4 Å². The fraction of sp³-hybridized carbons (Fsp3) is 0. The molecule has 96 valence electrons. The number of nitrogen functional groups attached to an aromatic ring is 1. The normalized spacial score (nSPS) is 11.2. The summed E-state index contributed by atoms with van der Waals surface area (Å²) in [7, 11) is 0. The third-order valence-corrected chi connectivity index (χ3v) is 3.41. The number of nitrogens with zero attached hydrogens (tertiary/aromatic N) is 3. The minimum absolute atomic E-state index is 0.375. The van der Waals surface area contributed by atoms with Crippen molar-refractivity contribution < 1.29 is 0 Å². The summed E-state index contributed by atoms with van der Waals surface area (Å²) >= 11 is 0. The van der Waals surface area contributed by atoms with Crippen LogP contribution in [0.1, 0.15) is 0 Å². The van der Waals surface area contributed by atoms with Crippen LogP contribution in [0.4, 0.5) is 5.82 Å². The lowest BCUT2D eigenvalue weighted by atomic mass is 10.0. The number of fused-ring (bicyclic) bond motifs is 3. The summed E-state index contributed by atoms with van der Waals surface area (Å²) in [5.41, 5.74) is 10.2. The Bertz CT molecular complexity index is 912. The Morgan fingerprint density at radius 3 is 2.50 bits per heavy atom. The number of nitrogens with two attached hydrogens (primary N) is 1. The van der Waals surface area contributed by atoms with Gasteiger partial charge in [-0.15, -0.1) is 10.2 Å². The molecule has 4 aromatic rings. The van der Waals surface area contributed by atoms with Crippen molar-refractivity contribution in [2.24, 2.45) is 0 Å². The molecule has 0 radical (unpaired) electrons. The van der Waals surface area contributed by atoms with E-state index in [0.717, 1.165) is 27.5 Å². The number of hydrogen-bond donors (Lipinski definition) is 2. The van der Waals surface area contributed by atoms with E-state index in [4.69, 9.17) is 5.73 Å². The van der Waals surface area contributed by atoms with Crippen LogP contribution < -0.4 is 5.73 Å². The Morgan fingerprint density at radius 2 is 1.65 bits per heavy atom. The molecule has 5 nitrogen and oxygen atoms in total. The average Bonchev–Trinajstić information content (AvgIpc) is 2.89. The van der Waals surface area contributed by atoms with Crippen LogP contribution in [0.3, 0.4) is 0 Å². The van der Waals surface area contributed by atoms with Crippen molar-refractivity contribution in [3.05, 3.63) is 48.5 Å². The smallest absolute Gasteiger partial charge is 0.173 e. The van der Waals surface area contributed by atoms with E-state index in [2.05, 4.69) is 32.5 Å². The monoisotopic (exact) mass is 261 g/mol. The molecule has 4 rings (SSSR count). The number of benzene rings is 2. The summed E-state index contributed by atoms with van der Waals surface area (Å²) in [6, 6.07) is 16.2. The number of aromatic amines is 1. The highest BCUT2D eigenvalue weighted by molar-refractivity contribution is 6.08. The van der Waals surface area contributed by atoms with Gasteiger partial charge in [-0.2, -0.15) is 5.10 Å². The molecule has 0 saturated carbocycles. The zero-order chi connectivity index (χ0) is 13.5. The molecule has 0 spiro atoms. The Hall–Kier alpha value is -2.95. The SMILES string of the molecule is Nc1n[nH]c2c1nnc1c(-c3ccccc3)cccc12. The van der Waals surface area contributed by atoms with E-state index >= 15 is 0 Å². The molecule has 0 amide bonds. The molecule has 0 aliphatic rings. The molecular formula is C15H11N5. The van der Waals surface area contributed by atoms with Crippen LogP contribution in [0.15, 0.2) is 48.5 Å². The van der Waals surface area contributed by atoms with Gasteiger partial charge in [0.05, 0.1) is 5.52 Å². The quantitative estimate of drug-likeness (QED) is 0.552. The number of aromatic nitrogens is 4. The molecule has 0 unspecified atom stereocenters. The number of H-pyrrole nitrogens is 1. The molecule has 2 aromatic carbocycles. The highest BCUT2D eigenvalue weighted by Crippen LogP contribution is 2.30. The van der Waals surface area contributed by atoms with Crippen LogP contribution in [0.5, 0.6) is 0 Å². The Morgan fingerprint density at radius 1 is 0.850 bits per heavy atom. The first-order valence-electron chi connectivity index (χ1n) is 6.29. The summed E-state index contributed by atoms with van der Waals surface area (Å²) in [6.07, 6.45) is 0. The second-order valence-electron chi connectivity index (χ2n) is 4.60. The van der Waals surface area contributed by atoms with Gasteiger partial charge in [-0.05, 0) is 5.56 Å². The van der Waals surface area contributed by atoms with Gasteiger partial charge in [0.15, 0.2) is 11.3 Å². The van der Waals surface area contributed by atoms with Crippen molar-refractivity contribution >= 4 is 27.8 Å². The molecule has 0 fully saturated rings. The Labute approximate surface area is 114 Å². The number of nitrogens with one attached hydrogen (secondary N) is 1. The first-order chi connectivity index (χ1) is 9.84. The molecule has 2 heterocycles. The zero-order valence-electron chi connectivity index (χ0n) is 10.5. The van der Waals surface area contributed by atoms with Crippen LogP contribution in [-0.4, -0.2) is 20.4 Å². The van der Waals surface area contributed by atoms with Gasteiger partial charge in [0, 0.05) is 10.9 Å². The Kier molecular flexibility index (Phi) is 2.20. The second kappa shape index (κ2) is 4.03. The topological polar surface area (TPSA) is 80.5 Å². The summed E-state index contributed by atoms with van der Waals surface area (Å²) in [4.78, 5) is 0. The summed E-state index contributed by atoms with van der Waals surface area (Å²) in [6.45, 7) is 0. The van der Waals surface area contributed by atoms with E-state index in [1.54, 1.807) is 0 Å². The predicted octanol–water partition coefficient (Wildman–Crippen LogP) is 2.76. The largest absolute Gasteiger partial charge is 0.380 e. The maximum absolute atomic E-state index is 5.77. The lowest BCUT2D eigenvalue weighted by molar-refractivity contribution is 1.12. The van der Waals surface area contributed by atoms with Gasteiger partial charge in [0.1, 0.15) is 5.52 Å². The van der Waals surface area contributed by atoms with Crippen LogP contribution in [0, 0.1) is 0 Å². The molecule has 5 heteroatoms. The van der Waals surface area contributed by atoms with E-state index < -0.39 is 0 Å². The number of hydrogen-bond acceptors (Lipinski definition) is 4. The van der Waals surface area contributed by atoms with Gasteiger partial charge >= 0.3 is 0 Å². The molecule has 0 aliphatic carbocycles. The fourth-order valence-electron chi connectivity index (χ4n) is 2.44. The van der Waals surface area contributed by atoms with Gasteiger partial charge in [0.2, 0.25) is 0 Å².